The standard InChI is InChI=1S/C42H30N4O.Pt/c1-42(2,3)28-18-19-43-37(23-28)27-10-9-13-30(22-27)47-31-16-17-32-34-26-40-35(25-39(34)45-21-20-44-41(45)36(32)24-31)33-14-7-8-15-38(33)46(40)29-11-5-4-6-12-29;/h4-21,23,25-26H,1-3H3;/q-2;+2. The van der Waals surface area contributed by atoms with Crippen LogP contribution in [0.2, 0.25) is 0 Å². The Balaban J connectivity index is 0.00000336. The second-order valence-electron chi connectivity index (χ2n) is 13.0. The van der Waals surface area contributed by atoms with Crippen LogP contribution >= 0.6 is 0 Å². The van der Waals surface area contributed by atoms with Gasteiger partial charge in [0.2, 0.25) is 0 Å². The quantitative estimate of drug-likeness (QED) is 0.132. The molecule has 0 radical (unpaired) electrons. The Hall–Kier alpha value is -5.25. The molecule has 4 heterocycles. The van der Waals surface area contributed by atoms with Crippen molar-refractivity contribution in [2.24, 2.45) is 0 Å². The van der Waals surface area contributed by atoms with Crippen molar-refractivity contribution >= 4 is 49.1 Å². The number of nitrogens with zero attached hydrogens (tertiary/aromatic N) is 4. The number of rotatable bonds is 4. The topological polar surface area (TPSA) is 44.4 Å². The van der Waals surface area contributed by atoms with E-state index >= 15 is 0 Å². The van der Waals surface area contributed by atoms with Crippen molar-refractivity contribution in [1.29, 1.82) is 0 Å². The number of hydrogen-bond acceptors (Lipinski definition) is 3. The molecule has 0 aliphatic carbocycles. The van der Waals surface area contributed by atoms with E-state index in [2.05, 4.69) is 132 Å². The Labute approximate surface area is 292 Å². The summed E-state index contributed by atoms with van der Waals surface area (Å²) >= 11 is 0. The third kappa shape index (κ3) is 4.89. The molecule has 6 heteroatoms. The molecular weight excluding hydrogens is 772 g/mol. The molecule has 0 aliphatic rings. The minimum atomic E-state index is 0. The minimum absolute atomic E-state index is 0. The van der Waals surface area contributed by atoms with Crippen molar-refractivity contribution in [1.82, 2.24) is 18.9 Å². The maximum atomic E-state index is 6.39. The molecule has 0 N–H and O–H groups in total. The number of imidazole rings is 1. The monoisotopic (exact) mass is 801 g/mol. The average molecular weight is 802 g/mol. The van der Waals surface area contributed by atoms with Crippen molar-refractivity contribution in [2.75, 3.05) is 0 Å². The minimum Gasteiger partial charge on any atom is -0.497 e. The molecule has 9 aromatic rings. The Morgan fingerprint density at radius 2 is 1.40 bits per heavy atom. The van der Waals surface area contributed by atoms with Crippen LogP contribution in [-0.2, 0) is 26.5 Å². The molecular formula is C42H30N4OPt. The van der Waals surface area contributed by atoms with Crippen molar-refractivity contribution in [2.45, 2.75) is 26.2 Å². The van der Waals surface area contributed by atoms with Gasteiger partial charge in [0.1, 0.15) is 0 Å². The fraction of sp³-hybridized carbons (Fsp3) is 0.0952. The molecule has 4 aromatic heterocycles. The van der Waals surface area contributed by atoms with Crippen molar-refractivity contribution in [3.8, 4) is 28.4 Å². The summed E-state index contributed by atoms with van der Waals surface area (Å²) < 4.78 is 10.9. The van der Waals surface area contributed by atoms with E-state index in [0.29, 0.717) is 11.5 Å². The average Bonchev–Trinajstić information content (AvgIpc) is 3.71. The van der Waals surface area contributed by atoms with Gasteiger partial charge in [0.15, 0.2) is 0 Å². The Morgan fingerprint density at radius 1 is 0.625 bits per heavy atom. The Bertz CT molecular complexity index is 2650. The zero-order valence-corrected chi connectivity index (χ0v) is 28.9. The number of fused-ring (bicyclic) bond motifs is 9. The first-order chi connectivity index (χ1) is 22.9. The van der Waals surface area contributed by atoms with Gasteiger partial charge in [0, 0.05) is 52.1 Å². The Morgan fingerprint density at radius 3 is 2.25 bits per heavy atom. The molecule has 0 unspecified atom stereocenters. The van der Waals surface area contributed by atoms with Gasteiger partial charge < -0.3 is 18.7 Å². The van der Waals surface area contributed by atoms with Crippen molar-refractivity contribution in [3.63, 3.8) is 0 Å². The van der Waals surface area contributed by atoms with Crippen LogP contribution in [0.3, 0.4) is 0 Å². The summed E-state index contributed by atoms with van der Waals surface area (Å²) in [5.41, 5.74) is 8.40. The van der Waals surface area contributed by atoms with Crippen LogP contribution in [0.1, 0.15) is 26.3 Å². The van der Waals surface area contributed by atoms with Gasteiger partial charge >= 0.3 is 21.1 Å². The zero-order valence-electron chi connectivity index (χ0n) is 26.6. The van der Waals surface area contributed by atoms with Gasteiger partial charge in [0.25, 0.3) is 0 Å². The zero-order chi connectivity index (χ0) is 31.7. The van der Waals surface area contributed by atoms with Gasteiger partial charge in [-0.2, -0.15) is 0 Å². The van der Waals surface area contributed by atoms with Gasteiger partial charge in [-0.25, -0.2) is 0 Å². The SMILES string of the molecule is CC(C)(C)c1ccnc(-c2[c-]c(Oc3[c-]c4c(cc3)c3cc5c(cc3n3ccnc43)c3ccccc3n5-c3ccccc3)ccc2)c1.[Pt+2]. The molecule has 0 saturated carbocycles. The largest absolute Gasteiger partial charge is 2.00 e. The van der Waals surface area contributed by atoms with E-state index in [-0.39, 0.29) is 26.5 Å². The normalized spacial score (nSPS) is 11.9. The van der Waals surface area contributed by atoms with Crippen molar-refractivity contribution < 1.29 is 25.8 Å². The van der Waals surface area contributed by atoms with Crippen LogP contribution in [0.4, 0.5) is 0 Å². The van der Waals surface area contributed by atoms with Crippen LogP contribution in [0.15, 0.2) is 128 Å². The third-order valence-electron chi connectivity index (χ3n) is 9.03. The molecule has 5 nitrogen and oxygen atoms in total. The summed E-state index contributed by atoms with van der Waals surface area (Å²) in [6.07, 6.45) is 5.74. The molecule has 5 aromatic carbocycles. The van der Waals surface area contributed by atoms with Gasteiger partial charge in [-0.05, 0) is 58.5 Å². The number of aromatic nitrogens is 4. The van der Waals surface area contributed by atoms with Crippen LogP contribution < -0.4 is 4.74 Å². The molecule has 0 spiro atoms. The summed E-state index contributed by atoms with van der Waals surface area (Å²) in [6, 6.07) is 45.0. The third-order valence-corrected chi connectivity index (χ3v) is 9.03. The fourth-order valence-electron chi connectivity index (χ4n) is 6.71. The molecule has 48 heavy (non-hydrogen) atoms. The first-order valence-electron chi connectivity index (χ1n) is 15.8. The van der Waals surface area contributed by atoms with Crippen LogP contribution in [0, 0.1) is 12.1 Å². The number of para-hydroxylation sites is 2. The summed E-state index contributed by atoms with van der Waals surface area (Å²) in [5, 5.41) is 5.51. The second-order valence-corrected chi connectivity index (χ2v) is 13.0. The number of hydrogen-bond donors (Lipinski definition) is 0. The van der Waals surface area contributed by atoms with E-state index < -0.39 is 0 Å². The summed E-state index contributed by atoms with van der Waals surface area (Å²) in [5.74, 6) is 1.21. The Kier molecular flexibility index (Phi) is 7.19. The summed E-state index contributed by atoms with van der Waals surface area (Å²) in [7, 11) is 0. The van der Waals surface area contributed by atoms with E-state index in [1.54, 1.807) is 0 Å². The first-order valence-corrected chi connectivity index (χ1v) is 15.8. The van der Waals surface area contributed by atoms with Gasteiger partial charge in [0.05, 0.1) is 16.7 Å². The van der Waals surface area contributed by atoms with Crippen LogP contribution in [-0.4, -0.2) is 18.9 Å². The van der Waals surface area contributed by atoms with Gasteiger partial charge in [-0.3, -0.25) is 4.98 Å². The second kappa shape index (κ2) is 11.5. The number of ether oxygens (including phenoxy) is 1. The predicted molar refractivity (Wildman–Crippen MR) is 191 cm³/mol. The molecule has 0 saturated heterocycles. The first kappa shape index (κ1) is 30.1. The van der Waals surface area contributed by atoms with E-state index in [1.165, 1.54) is 21.9 Å². The van der Waals surface area contributed by atoms with Gasteiger partial charge in [-0.15, -0.1) is 29.8 Å². The number of pyridine rings is 2. The maximum absolute atomic E-state index is 6.39. The van der Waals surface area contributed by atoms with E-state index in [9.17, 15) is 0 Å². The van der Waals surface area contributed by atoms with Gasteiger partial charge in [-0.1, -0.05) is 92.2 Å². The predicted octanol–water partition coefficient (Wildman–Crippen LogP) is 10.5. The van der Waals surface area contributed by atoms with E-state index in [0.717, 1.165) is 49.8 Å². The molecule has 0 aliphatic heterocycles. The molecule has 0 bridgehead atoms. The maximum Gasteiger partial charge on any atom is 2.00 e. The van der Waals surface area contributed by atoms with Crippen molar-refractivity contribution in [3.05, 3.63) is 145 Å². The molecule has 0 amide bonds. The summed E-state index contributed by atoms with van der Waals surface area (Å²) in [4.78, 5) is 9.40. The molecule has 0 fully saturated rings. The smallest absolute Gasteiger partial charge is 0.497 e. The van der Waals surface area contributed by atoms with E-state index in [1.807, 2.05) is 42.9 Å². The molecule has 9 rings (SSSR count). The van der Waals surface area contributed by atoms with Crippen LogP contribution in [0.5, 0.6) is 11.5 Å². The number of benzene rings is 5. The van der Waals surface area contributed by atoms with E-state index in [4.69, 9.17) is 9.72 Å². The summed E-state index contributed by atoms with van der Waals surface area (Å²) in [6.45, 7) is 6.61. The molecule has 0 atom stereocenters. The fourth-order valence-corrected chi connectivity index (χ4v) is 6.71. The molecule has 234 valence electrons. The van der Waals surface area contributed by atoms with Crippen LogP contribution in [0.25, 0.3) is 66.1 Å².